The Kier molecular flexibility index (Phi) is 3.77. The van der Waals surface area contributed by atoms with Crippen LogP contribution in [0.4, 0.5) is 0 Å². The summed E-state index contributed by atoms with van der Waals surface area (Å²) in [7, 11) is -1.19. The molecule has 0 unspecified atom stereocenters. The van der Waals surface area contributed by atoms with Gasteiger partial charge in [0.1, 0.15) is 0 Å². The van der Waals surface area contributed by atoms with E-state index >= 15 is 0 Å². The Labute approximate surface area is 95.7 Å². The third-order valence-corrected chi connectivity index (χ3v) is 6.45. The molecule has 0 nitrogen and oxygen atoms in total. The van der Waals surface area contributed by atoms with E-state index in [2.05, 4.69) is 64.2 Å². The van der Waals surface area contributed by atoms with Crippen LogP contribution in [0.5, 0.6) is 0 Å². The van der Waals surface area contributed by atoms with Crippen LogP contribution < -0.4 is 5.19 Å². The second-order valence-electron chi connectivity index (χ2n) is 6.31. The van der Waals surface area contributed by atoms with Crippen LogP contribution in [0.3, 0.4) is 0 Å². The van der Waals surface area contributed by atoms with Crippen LogP contribution in [0.1, 0.15) is 27.2 Å². The average molecular weight is 220 g/mol. The van der Waals surface area contributed by atoms with E-state index < -0.39 is 8.07 Å². The maximum atomic E-state index is 2.48. The summed E-state index contributed by atoms with van der Waals surface area (Å²) in [4.78, 5) is 0. The Morgan fingerprint density at radius 2 is 1.53 bits per heavy atom. The lowest BCUT2D eigenvalue weighted by atomic mass is 9.94. The fourth-order valence-corrected chi connectivity index (χ4v) is 4.48. The van der Waals surface area contributed by atoms with Crippen molar-refractivity contribution in [3.05, 3.63) is 30.3 Å². The van der Waals surface area contributed by atoms with Crippen LogP contribution >= 0.6 is 0 Å². The number of benzene rings is 1. The van der Waals surface area contributed by atoms with Crippen LogP contribution in [0, 0.1) is 5.41 Å². The smallest absolute Gasteiger partial charge is 0.0654 e. The van der Waals surface area contributed by atoms with Gasteiger partial charge in [0.15, 0.2) is 0 Å². The molecule has 0 N–H and O–H groups in total. The van der Waals surface area contributed by atoms with E-state index in [4.69, 9.17) is 0 Å². The van der Waals surface area contributed by atoms with Crippen molar-refractivity contribution in [3.8, 4) is 0 Å². The predicted molar refractivity (Wildman–Crippen MR) is 72.4 cm³/mol. The first kappa shape index (κ1) is 12.5. The maximum Gasteiger partial charge on any atom is 0.0806 e. The zero-order valence-electron chi connectivity index (χ0n) is 10.8. The van der Waals surface area contributed by atoms with Gasteiger partial charge in [-0.3, -0.25) is 0 Å². The Bertz CT molecular complexity index is 293. The minimum Gasteiger partial charge on any atom is -0.0654 e. The highest BCUT2D eigenvalue weighted by Crippen LogP contribution is 2.25. The molecule has 0 aliphatic rings. The minimum atomic E-state index is -1.19. The lowest BCUT2D eigenvalue weighted by Gasteiger charge is -2.27. The van der Waals surface area contributed by atoms with Crippen LogP contribution in [-0.2, 0) is 0 Å². The van der Waals surface area contributed by atoms with E-state index in [1.807, 2.05) is 0 Å². The molecule has 0 amide bonds. The van der Waals surface area contributed by atoms with Crippen molar-refractivity contribution in [3.63, 3.8) is 0 Å². The first-order chi connectivity index (χ1) is 6.81. The SMILES string of the molecule is CC(C)(C)CC[Si](C)(C)c1ccccc1. The normalized spacial score (nSPS) is 12.9. The molecule has 0 atom stereocenters. The van der Waals surface area contributed by atoms with Gasteiger partial charge in [0.05, 0.1) is 8.07 Å². The molecule has 1 rings (SSSR count). The number of rotatable bonds is 3. The highest BCUT2D eigenvalue weighted by Gasteiger charge is 2.25. The molecular formula is C14H24Si. The third kappa shape index (κ3) is 4.21. The zero-order chi connectivity index (χ0) is 11.5. The van der Waals surface area contributed by atoms with Gasteiger partial charge in [0, 0.05) is 0 Å². The summed E-state index contributed by atoms with van der Waals surface area (Å²) in [5, 5.41) is 1.59. The zero-order valence-corrected chi connectivity index (χ0v) is 11.8. The van der Waals surface area contributed by atoms with E-state index in [1.165, 1.54) is 12.5 Å². The molecule has 0 fully saturated rings. The summed E-state index contributed by atoms with van der Waals surface area (Å²) >= 11 is 0. The standard InChI is InChI=1S/C14H24Si/c1-14(2,3)11-12-15(4,5)13-9-7-6-8-10-13/h6-10H,11-12H2,1-5H3. The summed E-state index contributed by atoms with van der Waals surface area (Å²) in [6.45, 7) is 12.0. The Hall–Kier alpha value is -0.563. The van der Waals surface area contributed by atoms with E-state index in [9.17, 15) is 0 Å². The summed E-state index contributed by atoms with van der Waals surface area (Å²) in [6.07, 6.45) is 1.33. The maximum absolute atomic E-state index is 2.48. The van der Waals surface area contributed by atoms with Crippen molar-refractivity contribution in [1.82, 2.24) is 0 Å². The highest BCUT2D eigenvalue weighted by molar-refractivity contribution is 6.89. The van der Waals surface area contributed by atoms with Gasteiger partial charge in [-0.15, -0.1) is 0 Å². The molecular weight excluding hydrogens is 196 g/mol. The molecule has 0 heterocycles. The molecule has 0 bridgehead atoms. The minimum absolute atomic E-state index is 0.471. The topological polar surface area (TPSA) is 0 Å². The van der Waals surface area contributed by atoms with E-state index in [1.54, 1.807) is 5.19 Å². The highest BCUT2D eigenvalue weighted by atomic mass is 28.3. The molecule has 0 aromatic heterocycles. The van der Waals surface area contributed by atoms with Gasteiger partial charge >= 0.3 is 0 Å². The lowest BCUT2D eigenvalue weighted by Crippen LogP contribution is -2.41. The second-order valence-corrected chi connectivity index (χ2v) is 11.2. The fourth-order valence-electron chi connectivity index (χ4n) is 1.72. The van der Waals surface area contributed by atoms with Gasteiger partial charge in [-0.2, -0.15) is 0 Å². The average Bonchev–Trinajstić information content (AvgIpc) is 2.16. The van der Waals surface area contributed by atoms with Crippen LogP contribution in [0.15, 0.2) is 30.3 Å². The molecule has 0 saturated carbocycles. The summed E-state index contributed by atoms with van der Waals surface area (Å²) in [5.41, 5.74) is 0.471. The molecule has 84 valence electrons. The van der Waals surface area contributed by atoms with Gasteiger partial charge < -0.3 is 0 Å². The molecule has 0 radical (unpaired) electrons. The number of hydrogen-bond donors (Lipinski definition) is 0. The van der Waals surface area contributed by atoms with Crippen molar-refractivity contribution in [1.29, 1.82) is 0 Å². The molecule has 0 spiro atoms. The molecule has 0 aliphatic carbocycles. The van der Waals surface area contributed by atoms with E-state index in [0.29, 0.717) is 5.41 Å². The van der Waals surface area contributed by atoms with Crippen LogP contribution in [0.25, 0.3) is 0 Å². The number of hydrogen-bond acceptors (Lipinski definition) is 0. The Morgan fingerprint density at radius 1 is 1.00 bits per heavy atom. The van der Waals surface area contributed by atoms with Gasteiger partial charge in [-0.05, 0) is 5.41 Å². The second kappa shape index (κ2) is 4.52. The molecule has 1 heteroatoms. The summed E-state index contributed by atoms with van der Waals surface area (Å²) < 4.78 is 0. The van der Waals surface area contributed by atoms with Crippen molar-refractivity contribution in [2.45, 2.75) is 46.3 Å². The van der Waals surface area contributed by atoms with Crippen molar-refractivity contribution >= 4 is 13.3 Å². The van der Waals surface area contributed by atoms with Gasteiger partial charge in [0.25, 0.3) is 0 Å². The van der Waals surface area contributed by atoms with Crippen molar-refractivity contribution in [2.24, 2.45) is 5.41 Å². The monoisotopic (exact) mass is 220 g/mol. The Morgan fingerprint density at radius 3 is 2.00 bits per heavy atom. The first-order valence-electron chi connectivity index (χ1n) is 5.87. The van der Waals surface area contributed by atoms with Crippen molar-refractivity contribution < 1.29 is 0 Å². The molecule has 1 aromatic carbocycles. The van der Waals surface area contributed by atoms with E-state index in [-0.39, 0.29) is 0 Å². The van der Waals surface area contributed by atoms with Gasteiger partial charge in [-0.1, -0.05) is 81.8 Å². The summed E-state index contributed by atoms with van der Waals surface area (Å²) in [5.74, 6) is 0. The van der Waals surface area contributed by atoms with Crippen LogP contribution in [-0.4, -0.2) is 8.07 Å². The molecule has 0 aliphatic heterocycles. The van der Waals surface area contributed by atoms with Crippen LogP contribution in [0.2, 0.25) is 19.1 Å². The molecule has 0 saturated heterocycles. The quantitative estimate of drug-likeness (QED) is 0.675. The fraction of sp³-hybridized carbons (Fsp3) is 0.571. The molecule has 15 heavy (non-hydrogen) atoms. The Balaban J connectivity index is 2.68. The van der Waals surface area contributed by atoms with Gasteiger partial charge in [-0.25, -0.2) is 0 Å². The third-order valence-electron chi connectivity index (χ3n) is 3.06. The summed E-state index contributed by atoms with van der Waals surface area (Å²) in [6, 6.07) is 12.4. The predicted octanol–water partition coefficient (Wildman–Crippen LogP) is 4.04. The lowest BCUT2D eigenvalue weighted by molar-refractivity contribution is 0.396. The largest absolute Gasteiger partial charge is 0.0806 e. The molecule has 1 aromatic rings. The van der Waals surface area contributed by atoms with Gasteiger partial charge in [0.2, 0.25) is 0 Å². The van der Waals surface area contributed by atoms with Crippen molar-refractivity contribution in [2.75, 3.05) is 0 Å². The van der Waals surface area contributed by atoms with E-state index in [0.717, 1.165) is 0 Å². The first-order valence-corrected chi connectivity index (χ1v) is 9.07.